The normalized spacial score (nSPS) is 13.4. The first-order chi connectivity index (χ1) is 14.0. The van der Waals surface area contributed by atoms with Gasteiger partial charge >= 0.3 is 12.1 Å². The van der Waals surface area contributed by atoms with E-state index in [0.717, 1.165) is 22.3 Å². The van der Waals surface area contributed by atoms with Crippen molar-refractivity contribution >= 4 is 23.7 Å². The predicted octanol–water partition coefficient (Wildman–Crippen LogP) is 3.53. The summed E-state index contributed by atoms with van der Waals surface area (Å²) < 4.78 is 6.75. The molecule has 1 atom stereocenters. The summed E-state index contributed by atoms with van der Waals surface area (Å²) in [6.45, 7) is 0.0477. The Bertz CT molecular complexity index is 1020. The van der Waals surface area contributed by atoms with Crippen molar-refractivity contribution in [2.75, 3.05) is 6.61 Å². The SMILES string of the molecule is O=C(NC(Cn1cc(Cl)cn1)C(=O)O)OCC1c2ccccc2-c2ccccc21. The minimum Gasteiger partial charge on any atom is -0.480 e. The molecule has 1 unspecified atom stereocenters. The van der Waals surface area contributed by atoms with Crippen LogP contribution >= 0.6 is 11.6 Å². The molecule has 0 saturated heterocycles. The number of ether oxygens (including phenoxy) is 1. The van der Waals surface area contributed by atoms with Gasteiger partial charge in [0.1, 0.15) is 12.6 Å². The van der Waals surface area contributed by atoms with Crippen molar-refractivity contribution in [3.63, 3.8) is 0 Å². The number of aromatic nitrogens is 2. The highest BCUT2D eigenvalue weighted by molar-refractivity contribution is 6.30. The second-order valence-corrected chi connectivity index (χ2v) is 7.18. The zero-order valence-corrected chi connectivity index (χ0v) is 16.0. The third kappa shape index (κ3) is 3.95. The fourth-order valence-corrected chi connectivity index (χ4v) is 3.75. The van der Waals surface area contributed by atoms with Gasteiger partial charge in [0.05, 0.1) is 17.8 Å². The Morgan fingerprint density at radius 1 is 1.14 bits per heavy atom. The summed E-state index contributed by atoms with van der Waals surface area (Å²) in [5.41, 5.74) is 4.41. The maximum Gasteiger partial charge on any atom is 0.407 e. The predicted molar refractivity (Wildman–Crippen MR) is 107 cm³/mol. The molecule has 3 aromatic rings. The molecule has 0 aliphatic heterocycles. The molecule has 8 heteroatoms. The van der Waals surface area contributed by atoms with Crippen LogP contribution in [0.1, 0.15) is 17.0 Å². The molecule has 0 radical (unpaired) electrons. The van der Waals surface area contributed by atoms with Crippen LogP contribution in [0.3, 0.4) is 0 Å². The number of amides is 1. The molecule has 0 spiro atoms. The molecule has 29 heavy (non-hydrogen) atoms. The van der Waals surface area contributed by atoms with E-state index in [0.29, 0.717) is 5.02 Å². The summed E-state index contributed by atoms with van der Waals surface area (Å²) in [7, 11) is 0. The van der Waals surface area contributed by atoms with Crippen molar-refractivity contribution in [3.05, 3.63) is 77.1 Å². The van der Waals surface area contributed by atoms with Crippen LogP contribution in [-0.2, 0) is 16.1 Å². The van der Waals surface area contributed by atoms with Crippen LogP contribution in [0, 0.1) is 0 Å². The lowest BCUT2D eigenvalue weighted by Crippen LogP contribution is -2.44. The van der Waals surface area contributed by atoms with Gasteiger partial charge in [0.25, 0.3) is 0 Å². The Kier molecular flexibility index (Phi) is 5.22. The fourth-order valence-electron chi connectivity index (χ4n) is 3.59. The number of nitrogens with one attached hydrogen (secondary N) is 1. The van der Waals surface area contributed by atoms with Crippen molar-refractivity contribution in [2.45, 2.75) is 18.5 Å². The first-order valence-electron chi connectivity index (χ1n) is 9.05. The molecule has 0 bridgehead atoms. The quantitative estimate of drug-likeness (QED) is 0.647. The number of fused-ring (bicyclic) bond motifs is 3. The molecule has 0 saturated carbocycles. The summed E-state index contributed by atoms with van der Waals surface area (Å²) in [5.74, 6) is -1.29. The van der Waals surface area contributed by atoms with E-state index in [2.05, 4.69) is 10.4 Å². The van der Waals surface area contributed by atoms with Crippen molar-refractivity contribution in [2.24, 2.45) is 0 Å². The molecule has 2 N–H and O–H groups in total. The van der Waals surface area contributed by atoms with Crippen LogP contribution in [0.15, 0.2) is 60.9 Å². The number of carboxylic acids is 1. The summed E-state index contributed by atoms with van der Waals surface area (Å²) in [6.07, 6.45) is 2.09. The van der Waals surface area contributed by atoms with Crippen molar-refractivity contribution < 1.29 is 19.4 Å². The van der Waals surface area contributed by atoms with Gasteiger partial charge in [-0.25, -0.2) is 9.59 Å². The average Bonchev–Trinajstić information content (AvgIpc) is 3.27. The van der Waals surface area contributed by atoms with E-state index in [4.69, 9.17) is 16.3 Å². The number of alkyl carbamates (subject to hydrolysis) is 1. The lowest BCUT2D eigenvalue weighted by molar-refractivity contribution is -0.139. The standard InChI is InChI=1S/C21H18ClN3O4/c22-13-9-23-25(10-13)11-19(20(26)27)24-21(28)29-12-18-16-7-3-1-5-14(16)15-6-2-4-8-17(15)18/h1-10,18-19H,11-12H2,(H,24,28)(H,26,27). The molecule has 148 valence electrons. The number of rotatable bonds is 6. The number of aliphatic carboxylic acids is 1. The Labute approximate surface area is 171 Å². The number of hydrogen-bond donors (Lipinski definition) is 2. The van der Waals surface area contributed by atoms with E-state index in [1.165, 1.54) is 17.1 Å². The van der Waals surface area contributed by atoms with Crippen LogP contribution in [0.2, 0.25) is 5.02 Å². The molecule has 2 aromatic carbocycles. The Hall–Kier alpha value is -3.32. The molecule has 7 nitrogen and oxygen atoms in total. The zero-order chi connectivity index (χ0) is 20.4. The van der Waals surface area contributed by atoms with Crippen LogP contribution < -0.4 is 5.32 Å². The third-order valence-corrected chi connectivity index (χ3v) is 5.10. The van der Waals surface area contributed by atoms with Gasteiger partial charge in [-0.1, -0.05) is 60.1 Å². The van der Waals surface area contributed by atoms with Crippen LogP contribution in [0.4, 0.5) is 4.79 Å². The second-order valence-electron chi connectivity index (χ2n) is 6.74. The molecule has 1 aliphatic rings. The molecular weight excluding hydrogens is 394 g/mol. The van der Waals surface area contributed by atoms with E-state index in [1.807, 2.05) is 48.5 Å². The summed E-state index contributed by atoms with van der Waals surface area (Å²) in [5, 5.41) is 16.1. The van der Waals surface area contributed by atoms with Gasteiger partial charge in [0, 0.05) is 12.1 Å². The Morgan fingerprint density at radius 3 is 2.31 bits per heavy atom. The fraction of sp³-hybridized carbons (Fsp3) is 0.190. The van der Waals surface area contributed by atoms with Crippen molar-refractivity contribution in [3.8, 4) is 11.1 Å². The minimum absolute atomic E-state index is 0.0632. The minimum atomic E-state index is -1.19. The zero-order valence-electron chi connectivity index (χ0n) is 15.3. The number of carboxylic acid groups (broad SMARTS) is 1. The van der Waals surface area contributed by atoms with E-state index in [-0.39, 0.29) is 19.1 Å². The van der Waals surface area contributed by atoms with Crippen LogP contribution in [-0.4, -0.2) is 39.6 Å². The summed E-state index contributed by atoms with van der Waals surface area (Å²) in [4.78, 5) is 23.8. The van der Waals surface area contributed by atoms with Gasteiger partial charge < -0.3 is 15.2 Å². The van der Waals surface area contributed by atoms with Crippen LogP contribution in [0.5, 0.6) is 0 Å². The largest absolute Gasteiger partial charge is 0.480 e. The van der Waals surface area contributed by atoms with Crippen LogP contribution in [0.25, 0.3) is 11.1 Å². The van der Waals surface area contributed by atoms with Gasteiger partial charge in [-0.2, -0.15) is 5.10 Å². The van der Waals surface area contributed by atoms with Crippen molar-refractivity contribution in [1.29, 1.82) is 0 Å². The Balaban J connectivity index is 1.43. The van der Waals surface area contributed by atoms with Gasteiger partial charge in [-0.15, -0.1) is 0 Å². The van der Waals surface area contributed by atoms with E-state index in [9.17, 15) is 14.7 Å². The maximum absolute atomic E-state index is 12.3. The van der Waals surface area contributed by atoms with E-state index >= 15 is 0 Å². The smallest absolute Gasteiger partial charge is 0.407 e. The molecule has 1 aromatic heterocycles. The van der Waals surface area contributed by atoms with Gasteiger partial charge in [-0.3, -0.25) is 4.68 Å². The lowest BCUT2D eigenvalue weighted by Gasteiger charge is -2.17. The topological polar surface area (TPSA) is 93.5 Å². The number of carbonyl (C=O) groups excluding carboxylic acids is 1. The van der Waals surface area contributed by atoms with Crippen molar-refractivity contribution in [1.82, 2.24) is 15.1 Å². The second kappa shape index (κ2) is 7.97. The highest BCUT2D eigenvalue weighted by Crippen LogP contribution is 2.44. The van der Waals surface area contributed by atoms with Gasteiger partial charge in [-0.05, 0) is 22.3 Å². The first kappa shape index (κ1) is 19.0. The number of halogens is 1. The third-order valence-electron chi connectivity index (χ3n) is 4.91. The van der Waals surface area contributed by atoms with Gasteiger partial charge in [0.15, 0.2) is 0 Å². The first-order valence-corrected chi connectivity index (χ1v) is 9.43. The maximum atomic E-state index is 12.3. The molecule has 0 fully saturated rings. The van der Waals surface area contributed by atoms with Gasteiger partial charge in [0.2, 0.25) is 0 Å². The van der Waals surface area contributed by atoms with E-state index < -0.39 is 18.1 Å². The van der Waals surface area contributed by atoms with E-state index in [1.54, 1.807) is 0 Å². The molecule has 4 rings (SSSR count). The lowest BCUT2D eigenvalue weighted by atomic mass is 9.98. The molecular formula is C21H18ClN3O4. The number of carbonyl (C=O) groups is 2. The summed E-state index contributed by atoms with van der Waals surface area (Å²) in [6, 6.07) is 14.8. The molecule has 1 amide bonds. The molecule has 1 aliphatic carbocycles. The highest BCUT2D eigenvalue weighted by atomic mass is 35.5. The number of benzene rings is 2. The monoisotopic (exact) mass is 411 g/mol. The average molecular weight is 412 g/mol. The summed E-state index contributed by atoms with van der Waals surface area (Å²) >= 11 is 5.79. The number of nitrogens with zero attached hydrogens (tertiary/aromatic N) is 2. The highest BCUT2D eigenvalue weighted by Gasteiger charge is 2.29. The number of hydrogen-bond acceptors (Lipinski definition) is 4. The Morgan fingerprint density at radius 2 is 1.76 bits per heavy atom. The molecule has 1 heterocycles.